The van der Waals surface area contributed by atoms with Crippen LogP contribution in [0.15, 0.2) is 0 Å². The van der Waals surface area contributed by atoms with Crippen molar-refractivity contribution in [2.45, 2.75) is 37.8 Å². The van der Waals surface area contributed by atoms with Crippen LogP contribution < -0.4 is 56.7 Å². The molecule has 0 aromatic carbocycles. The van der Waals surface area contributed by atoms with Gasteiger partial charge in [0.05, 0.1) is 0 Å². The molecule has 1 aliphatic rings. The van der Waals surface area contributed by atoms with Crippen LogP contribution in [0.4, 0.5) is 9.59 Å². The van der Waals surface area contributed by atoms with Gasteiger partial charge in [-0.15, -0.1) is 0 Å². The number of amides is 2. The van der Waals surface area contributed by atoms with Crippen LogP contribution in [-0.4, -0.2) is 43.8 Å². The van der Waals surface area contributed by atoms with E-state index in [0.717, 1.165) is 23.0 Å². The van der Waals surface area contributed by atoms with Crippen molar-refractivity contribution in [1.82, 2.24) is 10.2 Å². The minimum atomic E-state index is -4.63. The van der Waals surface area contributed by atoms with Crippen LogP contribution in [0.2, 0.25) is 0 Å². The average molecular weight is 660 g/mol. The van der Waals surface area contributed by atoms with Crippen LogP contribution in [0.1, 0.15) is 25.7 Å². The second-order valence-corrected chi connectivity index (χ2v) is 7.12. The summed E-state index contributed by atoms with van der Waals surface area (Å²) in [5, 5.41) is 20.3. The summed E-state index contributed by atoms with van der Waals surface area (Å²) < 4.78 is 19.2. The molecule has 166 valence electrons. The summed E-state index contributed by atoms with van der Waals surface area (Å²) in [4.78, 5) is 49.7. The summed E-state index contributed by atoms with van der Waals surface area (Å²) in [7, 11) is -9.27. The van der Waals surface area contributed by atoms with Crippen LogP contribution in [-0.2, 0) is 30.2 Å². The van der Waals surface area contributed by atoms with Crippen molar-refractivity contribution < 1.29 is 94.4 Å². The topological polar surface area (TPSA) is 271 Å². The molecule has 1 rings (SSSR count). The van der Waals surface area contributed by atoms with Gasteiger partial charge in [-0.3, -0.25) is 10.2 Å². The van der Waals surface area contributed by atoms with Crippen LogP contribution >= 0.6 is 15.5 Å². The first-order valence-corrected chi connectivity index (χ1v) is 9.47. The fourth-order valence-electron chi connectivity index (χ4n) is 1.43. The minimum absolute atomic E-state index is 0. The van der Waals surface area contributed by atoms with Crippen LogP contribution in [0.5, 0.6) is 0 Å². The summed E-state index contributed by atoms with van der Waals surface area (Å²) >= 11 is 0. The maximum absolute atomic E-state index is 9.60. The Bertz CT molecular complexity index is 464. The largest absolute Gasteiger partial charge is 4.00 e. The number of nitrogens with two attached hydrogens (primary N) is 2. The fraction of sp³-hybridized carbons (Fsp3) is 0.750. The van der Waals surface area contributed by atoms with Gasteiger partial charge in [0.2, 0.25) is 0 Å². The maximum Gasteiger partial charge on any atom is 4.00 e. The summed E-state index contributed by atoms with van der Waals surface area (Å²) in [6.07, 6.45) is 0.822. The molecule has 2 amide bonds. The van der Waals surface area contributed by atoms with E-state index in [2.05, 4.69) is 0 Å². The van der Waals surface area contributed by atoms with E-state index in [1.807, 2.05) is 0 Å². The van der Waals surface area contributed by atoms with E-state index >= 15 is 0 Å². The zero-order valence-electron chi connectivity index (χ0n) is 13.3. The van der Waals surface area contributed by atoms with Crippen molar-refractivity contribution in [1.29, 1.82) is 0 Å². The summed E-state index contributed by atoms with van der Waals surface area (Å²) in [5.41, 5.74) is 11.3. The number of hydrogen-bond donors (Lipinski definition) is 8. The van der Waals surface area contributed by atoms with Gasteiger partial charge in [0, 0.05) is 12.1 Å². The molecule has 10 N–H and O–H groups in total. The molecule has 1 fully saturated rings. The zero-order chi connectivity index (χ0) is 19.6. The van der Waals surface area contributed by atoms with Gasteiger partial charge in [0.1, 0.15) is 12.2 Å². The maximum atomic E-state index is 9.60. The molecule has 0 aromatic heterocycles. The van der Waals surface area contributed by atoms with E-state index in [4.69, 9.17) is 31.0 Å². The van der Waals surface area contributed by atoms with Gasteiger partial charge in [0.15, 0.2) is 0 Å². The third kappa shape index (κ3) is 34.0. The molecule has 1 saturated carbocycles. The Morgan fingerprint density at radius 3 is 1.11 bits per heavy atom. The molecule has 0 aromatic rings. The first kappa shape index (κ1) is 37.7. The van der Waals surface area contributed by atoms with Gasteiger partial charge in [-0.2, -0.15) is 0 Å². The fourth-order valence-corrected chi connectivity index (χ4v) is 1.90. The molecule has 1 aliphatic carbocycles. The molecule has 0 aliphatic heterocycles. The molecule has 0 bridgehead atoms. The predicted octanol–water partition coefficient (Wildman–Crippen LogP) is -9.76. The Labute approximate surface area is 181 Å². The van der Waals surface area contributed by atoms with Crippen molar-refractivity contribution in [3.05, 3.63) is 0 Å². The average Bonchev–Trinajstić information content (AvgIpc) is 2.28. The number of nitrogens with one attached hydrogen (secondary N) is 2. The van der Waals surface area contributed by atoms with E-state index in [-0.39, 0.29) is 58.0 Å². The molecule has 2 atom stereocenters. The van der Waals surface area contributed by atoms with Gasteiger partial charge < -0.3 is 75.7 Å². The number of carbonyl (C=O) groups excluding carboxylic acids is 2. The Morgan fingerprint density at radius 2 is 1.04 bits per heavy atom. The molecular weight excluding hydrogens is 640 g/mol. The Kier molecular flexibility index (Phi) is 25.3. The summed E-state index contributed by atoms with van der Waals surface area (Å²) in [6, 6.07) is 0.562. The van der Waals surface area contributed by atoms with E-state index in [1.54, 1.807) is 0 Å². The van der Waals surface area contributed by atoms with E-state index in [0.29, 0.717) is 0 Å². The van der Waals surface area contributed by atoms with Gasteiger partial charge in [-0.1, -0.05) is 12.8 Å². The molecule has 0 radical (unpaired) electrons. The number of rotatable bonds is 2. The molecule has 0 spiro atoms. The normalized spacial score (nSPS) is 18.1. The Balaban J connectivity index is -0.0000000849. The van der Waals surface area contributed by atoms with Gasteiger partial charge >= 0.3 is 36.6 Å². The smallest absolute Gasteiger partial charge is 1.00 e. The minimum Gasteiger partial charge on any atom is -1.00 e. The first-order valence-electron chi connectivity index (χ1n) is 6.25. The molecule has 14 nitrogen and oxygen atoms in total. The monoisotopic (exact) mass is 659 g/mol. The quantitative estimate of drug-likeness (QED) is 0.128. The van der Waals surface area contributed by atoms with Gasteiger partial charge in [-0.05, 0) is 12.8 Å². The van der Waals surface area contributed by atoms with Crippen LogP contribution in [0.25, 0.3) is 0 Å². The Hall–Kier alpha value is 0.0283. The Morgan fingerprint density at radius 1 is 0.815 bits per heavy atom. The number of halogens is 2. The van der Waals surface area contributed by atoms with Crippen molar-refractivity contribution >= 4 is 27.7 Å². The van der Waals surface area contributed by atoms with E-state index in [9.17, 15) is 28.9 Å². The van der Waals surface area contributed by atoms with E-state index in [1.165, 1.54) is 12.8 Å². The van der Waals surface area contributed by atoms with Crippen molar-refractivity contribution in [3.63, 3.8) is 0 Å². The van der Waals surface area contributed by atoms with Crippen molar-refractivity contribution in [3.8, 4) is 0 Å². The first-order chi connectivity index (χ1) is 10.6. The number of carbonyl (C=O) groups is 2. The molecule has 19 heteroatoms. The standard InChI is InChI=1S/C6H14N2.2CH4NO5P.2ClH.Pt/c7-5-3-1-2-4-6(5)8;2*3-1(4)2-8(5,6)7;;;/h5-6H,1-4,7-8H2;2*(H,3,4)(H3,2,5,6,7);2*1H;/q;;;;;+4/p-4. The van der Waals surface area contributed by atoms with E-state index < -0.39 is 27.7 Å². The second kappa shape index (κ2) is 18.1. The SMILES string of the molecule is NC1CCCCC1N.O=C([O-])NP(=O)(O)O.O=C([O-])NP(=O)(O)O.[Cl-].[Cl-].[Pt+4]. The van der Waals surface area contributed by atoms with Gasteiger partial charge in [0.25, 0.3) is 0 Å². The zero-order valence-corrected chi connectivity index (χ0v) is 18.9. The van der Waals surface area contributed by atoms with Gasteiger partial charge in [-0.25, -0.2) is 9.13 Å². The second-order valence-electron chi connectivity index (χ2n) is 4.50. The molecular formula is C8H20Cl2N4O10P2Pt. The molecule has 27 heavy (non-hydrogen) atoms. The number of hydrogen-bond acceptors (Lipinski definition) is 8. The third-order valence-corrected chi connectivity index (χ3v) is 3.30. The van der Waals surface area contributed by atoms with Crippen LogP contribution in [0.3, 0.4) is 0 Å². The predicted molar refractivity (Wildman–Crippen MR) is 75.6 cm³/mol. The summed E-state index contributed by atoms with van der Waals surface area (Å²) in [5.74, 6) is 0. The number of carboxylic acid groups (broad SMARTS) is 2. The van der Waals surface area contributed by atoms with Crippen molar-refractivity contribution in [2.75, 3.05) is 0 Å². The molecule has 2 unspecified atom stereocenters. The third-order valence-electron chi connectivity index (χ3n) is 2.35. The molecule has 0 saturated heterocycles. The van der Waals surface area contributed by atoms with Crippen LogP contribution in [0, 0.1) is 0 Å². The summed E-state index contributed by atoms with van der Waals surface area (Å²) in [6.45, 7) is 0. The van der Waals surface area contributed by atoms with Crippen molar-refractivity contribution in [2.24, 2.45) is 11.5 Å². The molecule has 0 heterocycles.